The molecule has 0 radical (unpaired) electrons. The number of anilines is 1. The zero-order valence-corrected chi connectivity index (χ0v) is 16.8. The Hall–Kier alpha value is -2.62. The average Bonchev–Trinajstić information content (AvgIpc) is 2.67. The highest BCUT2D eigenvalue weighted by Gasteiger charge is 2.42. The zero-order valence-electron chi connectivity index (χ0n) is 16.0. The summed E-state index contributed by atoms with van der Waals surface area (Å²) in [7, 11) is -3.37. The van der Waals surface area contributed by atoms with Gasteiger partial charge in [0.05, 0.1) is 10.9 Å². The molecule has 0 bridgehead atoms. The molecule has 1 heterocycles. The molecule has 1 amide bonds. The van der Waals surface area contributed by atoms with Crippen molar-refractivity contribution in [3.63, 3.8) is 0 Å². The number of alkyl halides is 3. The molecular weight excluding hydrogens is 424 g/mol. The van der Waals surface area contributed by atoms with E-state index in [1.54, 1.807) is 17.0 Å². The number of hydrogen-bond acceptors (Lipinski definition) is 4. The summed E-state index contributed by atoms with van der Waals surface area (Å²) in [6, 6.07) is 10.6. The van der Waals surface area contributed by atoms with Crippen LogP contribution in [0.5, 0.6) is 0 Å². The largest absolute Gasteiger partial charge is 0.471 e. The van der Waals surface area contributed by atoms with Crippen molar-refractivity contribution < 1.29 is 30.8 Å². The van der Waals surface area contributed by atoms with Gasteiger partial charge < -0.3 is 10.2 Å². The third kappa shape index (κ3) is 5.10. The lowest BCUT2D eigenvalue weighted by atomic mass is 9.85. The quantitative estimate of drug-likeness (QED) is 0.736. The summed E-state index contributed by atoms with van der Waals surface area (Å²) >= 11 is 0. The first-order valence-electron chi connectivity index (χ1n) is 9.13. The van der Waals surface area contributed by atoms with Gasteiger partial charge in [-0.25, -0.2) is 12.8 Å². The van der Waals surface area contributed by atoms with E-state index in [-0.39, 0.29) is 11.4 Å². The van der Waals surface area contributed by atoms with Crippen molar-refractivity contribution in [2.24, 2.45) is 0 Å². The number of carbonyl (C=O) groups is 1. The summed E-state index contributed by atoms with van der Waals surface area (Å²) in [5.74, 6) is -2.92. The molecule has 162 valence electrons. The molecule has 3 rings (SSSR count). The molecule has 0 saturated carbocycles. The Morgan fingerprint density at radius 1 is 1.07 bits per heavy atom. The van der Waals surface area contributed by atoms with E-state index < -0.39 is 39.7 Å². The number of hydrogen-bond donors (Lipinski definition) is 1. The molecule has 30 heavy (non-hydrogen) atoms. The Bertz CT molecular complexity index is 1010. The first-order valence-corrected chi connectivity index (χ1v) is 11.0. The molecule has 1 saturated heterocycles. The lowest BCUT2D eigenvalue weighted by Crippen LogP contribution is -2.54. The van der Waals surface area contributed by atoms with Crippen LogP contribution in [0.15, 0.2) is 53.4 Å². The van der Waals surface area contributed by atoms with Gasteiger partial charge in [-0.05, 0) is 48.4 Å². The van der Waals surface area contributed by atoms with Gasteiger partial charge in [0.1, 0.15) is 5.82 Å². The minimum atomic E-state index is -5.02. The van der Waals surface area contributed by atoms with E-state index in [0.29, 0.717) is 24.2 Å². The standard InChI is InChI=1S/C20H20F4N2O3S/c1-30(28,29)16-8-6-15(7-9-16)26-11-10-17(13-2-4-14(21)5-3-13)18(12-26)25-19(27)20(22,23)24/h2-9,17-18H,10-12H2,1H3,(H,25,27). The van der Waals surface area contributed by atoms with E-state index in [2.05, 4.69) is 5.32 Å². The highest BCUT2D eigenvalue weighted by Crippen LogP contribution is 2.32. The highest BCUT2D eigenvalue weighted by atomic mass is 32.2. The maximum atomic E-state index is 13.2. The first-order chi connectivity index (χ1) is 13.9. The first kappa shape index (κ1) is 22.1. The molecule has 10 heteroatoms. The molecular formula is C20H20F4N2O3S. The maximum Gasteiger partial charge on any atom is 0.471 e. The molecule has 2 atom stereocenters. The maximum absolute atomic E-state index is 13.2. The molecule has 1 N–H and O–H groups in total. The molecule has 5 nitrogen and oxygen atoms in total. The fraction of sp³-hybridized carbons (Fsp3) is 0.350. The van der Waals surface area contributed by atoms with Gasteiger partial charge in [0, 0.05) is 31.0 Å². The minimum Gasteiger partial charge on any atom is -0.369 e. The average molecular weight is 444 g/mol. The summed E-state index contributed by atoms with van der Waals surface area (Å²) in [5.41, 5.74) is 1.27. The Kier molecular flexibility index (Phi) is 6.07. The molecule has 1 fully saturated rings. The molecule has 0 spiro atoms. The smallest absolute Gasteiger partial charge is 0.369 e. The fourth-order valence-corrected chi connectivity index (χ4v) is 4.23. The molecule has 2 aromatic rings. The Labute approximate surface area is 171 Å². The Morgan fingerprint density at radius 3 is 2.20 bits per heavy atom. The topological polar surface area (TPSA) is 66.5 Å². The monoisotopic (exact) mass is 444 g/mol. The molecule has 1 aliphatic rings. The van der Waals surface area contributed by atoms with Gasteiger partial charge in [-0.15, -0.1) is 0 Å². The van der Waals surface area contributed by atoms with Gasteiger partial charge in [-0.1, -0.05) is 12.1 Å². The molecule has 1 aliphatic heterocycles. The predicted molar refractivity (Wildman–Crippen MR) is 104 cm³/mol. The summed E-state index contributed by atoms with van der Waals surface area (Å²) in [6.07, 6.45) is -3.52. The van der Waals surface area contributed by atoms with Crippen molar-refractivity contribution in [1.82, 2.24) is 5.32 Å². The zero-order chi connectivity index (χ0) is 22.1. The van der Waals surface area contributed by atoms with E-state index in [4.69, 9.17) is 0 Å². The van der Waals surface area contributed by atoms with Crippen molar-refractivity contribution in [3.8, 4) is 0 Å². The van der Waals surface area contributed by atoms with Crippen molar-refractivity contribution in [3.05, 3.63) is 59.9 Å². The van der Waals surface area contributed by atoms with Crippen LogP contribution < -0.4 is 10.2 Å². The van der Waals surface area contributed by atoms with Crippen LogP contribution in [0.3, 0.4) is 0 Å². The van der Waals surface area contributed by atoms with E-state index in [0.717, 1.165) is 6.26 Å². The van der Waals surface area contributed by atoms with E-state index in [1.165, 1.54) is 36.4 Å². The molecule has 2 aromatic carbocycles. The second kappa shape index (κ2) is 8.25. The number of sulfone groups is 1. The van der Waals surface area contributed by atoms with Crippen molar-refractivity contribution in [2.45, 2.75) is 29.5 Å². The van der Waals surface area contributed by atoms with Gasteiger partial charge in [-0.2, -0.15) is 13.2 Å². The number of rotatable bonds is 4. The van der Waals surface area contributed by atoms with Gasteiger partial charge >= 0.3 is 12.1 Å². The normalized spacial score (nSPS) is 20.1. The second-order valence-corrected chi connectivity index (χ2v) is 9.25. The van der Waals surface area contributed by atoms with Gasteiger partial charge in [0.15, 0.2) is 9.84 Å². The molecule has 0 aliphatic carbocycles. The van der Waals surface area contributed by atoms with Gasteiger partial charge in [-0.3, -0.25) is 4.79 Å². The van der Waals surface area contributed by atoms with Crippen LogP contribution in [0.2, 0.25) is 0 Å². The fourth-order valence-electron chi connectivity index (χ4n) is 3.60. The van der Waals surface area contributed by atoms with Crippen LogP contribution in [0.1, 0.15) is 17.9 Å². The Balaban J connectivity index is 1.85. The predicted octanol–water partition coefficient (Wildman–Crippen LogP) is 3.27. The van der Waals surface area contributed by atoms with Gasteiger partial charge in [0.2, 0.25) is 0 Å². The highest BCUT2D eigenvalue weighted by molar-refractivity contribution is 7.90. The summed E-state index contributed by atoms with van der Waals surface area (Å²) in [5, 5.41) is 2.06. The number of carbonyl (C=O) groups excluding carboxylic acids is 1. The third-order valence-corrected chi connectivity index (χ3v) is 6.24. The third-order valence-electron chi connectivity index (χ3n) is 5.11. The van der Waals surface area contributed by atoms with Crippen molar-refractivity contribution in [1.29, 1.82) is 0 Å². The van der Waals surface area contributed by atoms with Crippen LogP contribution in [-0.2, 0) is 14.6 Å². The number of piperidine rings is 1. The number of nitrogens with one attached hydrogen (secondary N) is 1. The summed E-state index contributed by atoms with van der Waals surface area (Å²) in [4.78, 5) is 13.5. The Morgan fingerprint density at radius 2 is 1.67 bits per heavy atom. The van der Waals surface area contributed by atoms with Crippen LogP contribution in [-0.4, -0.2) is 45.9 Å². The van der Waals surface area contributed by atoms with Crippen LogP contribution >= 0.6 is 0 Å². The van der Waals surface area contributed by atoms with E-state index in [1.807, 2.05) is 0 Å². The van der Waals surface area contributed by atoms with E-state index >= 15 is 0 Å². The van der Waals surface area contributed by atoms with Crippen LogP contribution in [0.25, 0.3) is 0 Å². The van der Waals surface area contributed by atoms with E-state index in [9.17, 15) is 30.8 Å². The minimum absolute atomic E-state index is 0.0854. The molecule has 0 aromatic heterocycles. The van der Waals surface area contributed by atoms with Gasteiger partial charge in [0.25, 0.3) is 0 Å². The second-order valence-electron chi connectivity index (χ2n) is 7.24. The number of amides is 1. The molecule has 2 unspecified atom stereocenters. The van der Waals surface area contributed by atoms with Crippen LogP contribution in [0, 0.1) is 5.82 Å². The van der Waals surface area contributed by atoms with Crippen molar-refractivity contribution >= 4 is 21.4 Å². The number of halogens is 4. The SMILES string of the molecule is CS(=O)(=O)c1ccc(N2CCC(c3ccc(F)cc3)C(NC(=O)C(F)(F)F)C2)cc1. The lowest BCUT2D eigenvalue weighted by Gasteiger charge is -2.40. The van der Waals surface area contributed by atoms with Crippen LogP contribution in [0.4, 0.5) is 23.2 Å². The number of nitrogens with zero attached hydrogens (tertiary/aromatic N) is 1. The summed E-state index contributed by atoms with van der Waals surface area (Å²) in [6.45, 7) is 0.556. The van der Waals surface area contributed by atoms with Crippen molar-refractivity contribution in [2.75, 3.05) is 24.2 Å². The number of benzene rings is 2. The summed E-state index contributed by atoms with van der Waals surface area (Å²) < 4.78 is 75.0. The lowest BCUT2D eigenvalue weighted by molar-refractivity contribution is -0.174.